The summed E-state index contributed by atoms with van der Waals surface area (Å²) < 4.78 is 6.65. The van der Waals surface area contributed by atoms with Crippen molar-refractivity contribution in [3.63, 3.8) is 0 Å². The Morgan fingerprint density at radius 2 is 2.32 bits per heavy atom. The van der Waals surface area contributed by atoms with E-state index in [1.807, 2.05) is 6.92 Å². The van der Waals surface area contributed by atoms with Crippen LogP contribution >= 0.6 is 15.9 Å². The highest BCUT2D eigenvalue weighted by Crippen LogP contribution is 2.18. The lowest BCUT2D eigenvalue weighted by Crippen LogP contribution is -2.33. The van der Waals surface area contributed by atoms with E-state index in [4.69, 9.17) is 4.74 Å². The Labute approximate surface area is 120 Å². The third-order valence-corrected chi connectivity index (χ3v) is 3.68. The van der Waals surface area contributed by atoms with Gasteiger partial charge in [-0.15, -0.1) is 0 Å². The summed E-state index contributed by atoms with van der Waals surface area (Å²) in [6.45, 7) is 4.82. The number of nitrogens with one attached hydrogen (secondary N) is 1. The molecule has 7 heteroatoms. The number of nitrogens with zero attached hydrogens (tertiary/aromatic N) is 2. The second-order valence-corrected chi connectivity index (χ2v) is 5.39. The zero-order valence-electron chi connectivity index (χ0n) is 11.4. The number of halogens is 1. The maximum atomic E-state index is 12.0. The molecule has 1 aromatic heterocycles. The minimum atomic E-state index is -0.815. The lowest BCUT2D eigenvalue weighted by atomic mass is 10.0. The van der Waals surface area contributed by atoms with Gasteiger partial charge in [0.05, 0.1) is 30.6 Å². The van der Waals surface area contributed by atoms with Gasteiger partial charge in [-0.1, -0.05) is 6.92 Å². The van der Waals surface area contributed by atoms with Gasteiger partial charge in [-0.25, -0.2) is 4.68 Å². The molecule has 0 saturated heterocycles. The highest BCUT2D eigenvalue weighted by molar-refractivity contribution is 9.10. The first-order chi connectivity index (χ1) is 8.91. The Kier molecular flexibility index (Phi) is 5.96. The van der Waals surface area contributed by atoms with E-state index in [1.165, 1.54) is 4.68 Å². The van der Waals surface area contributed by atoms with Crippen molar-refractivity contribution in [1.82, 2.24) is 9.78 Å². The summed E-state index contributed by atoms with van der Waals surface area (Å²) >= 11 is 3.25. The quantitative estimate of drug-likeness (QED) is 0.784. The molecule has 1 heterocycles. The van der Waals surface area contributed by atoms with Crippen molar-refractivity contribution in [2.75, 3.05) is 25.6 Å². The number of hydrogen-bond donors (Lipinski definition) is 2. The molecule has 1 rings (SSSR count). The van der Waals surface area contributed by atoms with E-state index >= 15 is 0 Å². The first-order valence-corrected chi connectivity index (χ1v) is 6.91. The van der Waals surface area contributed by atoms with Crippen molar-refractivity contribution >= 4 is 21.6 Å². The molecule has 2 N–H and O–H groups in total. The maximum Gasteiger partial charge on any atom is 0.283 e. The fourth-order valence-corrected chi connectivity index (χ4v) is 1.78. The lowest BCUT2D eigenvalue weighted by Gasteiger charge is -2.22. The number of rotatable bonds is 7. The summed E-state index contributed by atoms with van der Waals surface area (Å²) in [5.41, 5.74) is -0.463. The van der Waals surface area contributed by atoms with Crippen LogP contribution in [0.4, 0.5) is 5.69 Å². The average Bonchev–Trinajstić information content (AvgIpc) is 2.39. The Balaban J connectivity index is 2.82. The Morgan fingerprint density at radius 3 is 2.89 bits per heavy atom. The molecule has 0 amide bonds. The highest BCUT2D eigenvalue weighted by Gasteiger charge is 2.18. The second kappa shape index (κ2) is 7.02. The van der Waals surface area contributed by atoms with E-state index in [-0.39, 0.29) is 5.56 Å². The molecular weight excluding hydrogens is 314 g/mol. The third-order valence-electron chi connectivity index (χ3n) is 2.91. The predicted octanol–water partition coefficient (Wildman–Crippen LogP) is 1.23. The second-order valence-electron chi connectivity index (χ2n) is 4.60. The monoisotopic (exact) mass is 333 g/mol. The van der Waals surface area contributed by atoms with Crippen LogP contribution < -0.4 is 10.9 Å². The highest BCUT2D eigenvalue weighted by atomic mass is 79.9. The summed E-state index contributed by atoms with van der Waals surface area (Å²) in [4.78, 5) is 12.0. The molecule has 0 radical (unpaired) electrons. The molecule has 0 aliphatic carbocycles. The molecular formula is C12H20BrN3O3. The minimum Gasteiger partial charge on any atom is -0.388 e. The van der Waals surface area contributed by atoms with Gasteiger partial charge in [0.15, 0.2) is 0 Å². The van der Waals surface area contributed by atoms with Crippen molar-refractivity contribution in [3.05, 3.63) is 21.0 Å². The molecule has 1 unspecified atom stereocenters. The first-order valence-electron chi connectivity index (χ1n) is 6.12. The number of hydrogen-bond acceptors (Lipinski definition) is 5. The molecule has 0 aromatic carbocycles. The summed E-state index contributed by atoms with van der Waals surface area (Å²) in [5, 5.41) is 17.0. The number of methoxy groups -OCH3 is 1. The SMILES string of the molecule is CCC(C)(O)CNc1cnn(CCOC)c(=O)c1Br. The maximum absolute atomic E-state index is 12.0. The summed E-state index contributed by atoms with van der Waals surface area (Å²) in [7, 11) is 1.57. The summed E-state index contributed by atoms with van der Waals surface area (Å²) in [5.74, 6) is 0. The number of anilines is 1. The molecule has 1 aromatic rings. The molecule has 6 nitrogen and oxygen atoms in total. The zero-order valence-corrected chi connectivity index (χ0v) is 13.0. The molecule has 108 valence electrons. The van der Waals surface area contributed by atoms with Gasteiger partial charge in [0, 0.05) is 13.7 Å². The standard InChI is InChI=1S/C12H20BrN3O3/c1-4-12(2,18)8-14-9-7-15-16(5-6-19-3)11(17)10(9)13/h7,14,18H,4-6,8H2,1-3H3. The Bertz CT molecular complexity index is 474. The Morgan fingerprint density at radius 1 is 1.63 bits per heavy atom. The molecule has 19 heavy (non-hydrogen) atoms. The van der Waals surface area contributed by atoms with Crippen LogP contribution in [0.15, 0.2) is 15.5 Å². The van der Waals surface area contributed by atoms with Gasteiger partial charge in [-0.05, 0) is 29.3 Å². The van der Waals surface area contributed by atoms with Crippen LogP contribution in [-0.2, 0) is 11.3 Å². The van der Waals surface area contributed by atoms with Crippen LogP contribution in [-0.4, -0.2) is 40.7 Å². The molecule has 0 aliphatic rings. The average molecular weight is 334 g/mol. The topological polar surface area (TPSA) is 76.4 Å². The first kappa shape index (κ1) is 16.1. The number of ether oxygens (including phenoxy) is 1. The van der Waals surface area contributed by atoms with E-state index in [0.29, 0.717) is 36.3 Å². The molecule has 0 spiro atoms. The molecule has 0 aliphatic heterocycles. The van der Waals surface area contributed by atoms with Crippen LogP contribution in [0.25, 0.3) is 0 Å². The van der Waals surface area contributed by atoms with Crippen LogP contribution in [0, 0.1) is 0 Å². The normalized spacial score (nSPS) is 14.2. The van der Waals surface area contributed by atoms with Gasteiger partial charge in [-0.3, -0.25) is 4.79 Å². The van der Waals surface area contributed by atoms with Crippen LogP contribution in [0.1, 0.15) is 20.3 Å². The van der Waals surface area contributed by atoms with Gasteiger partial charge in [0.25, 0.3) is 5.56 Å². The third kappa shape index (κ3) is 4.59. The fourth-order valence-electron chi connectivity index (χ4n) is 1.34. The van der Waals surface area contributed by atoms with Crippen molar-refractivity contribution in [2.45, 2.75) is 32.4 Å². The van der Waals surface area contributed by atoms with Crippen LogP contribution in [0.5, 0.6) is 0 Å². The van der Waals surface area contributed by atoms with Crippen LogP contribution in [0.2, 0.25) is 0 Å². The Hall–Kier alpha value is -0.920. The van der Waals surface area contributed by atoms with Crippen molar-refractivity contribution in [2.24, 2.45) is 0 Å². The molecule has 0 bridgehead atoms. The fraction of sp³-hybridized carbons (Fsp3) is 0.667. The molecule has 1 atom stereocenters. The van der Waals surface area contributed by atoms with Crippen molar-refractivity contribution in [3.8, 4) is 0 Å². The summed E-state index contributed by atoms with van der Waals surface area (Å²) in [6, 6.07) is 0. The molecule has 0 fully saturated rings. The van der Waals surface area contributed by atoms with Gasteiger partial charge in [0.1, 0.15) is 4.47 Å². The minimum absolute atomic E-state index is 0.224. The summed E-state index contributed by atoms with van der Waals surface area (Å²) in [6.07, 6.45) is 2.18. The predicted molar refractivity (Wildman–Crippen MR) is 77.5 cm³/mol. The smallest absolute Gasteiger partial charge is 0.283 e. The van der Waals surface area contributed by atoms with Crippen LogP contribution in [0.3, 0.4) is 0 Å². The van der Waals surface area contributed by atoms with Crippen molar-refractivity contribution < 1.29 is 9.84 Å². The van der Waals surface area contributed by atoms with E-state index in [2.05, 4.69) is 26.3 Å². The van der Waals surface area contributed by atoms with E-state index in [1.54, 1.807) is 20.2 Å². The van der Waals surface area contributed by atoms with E-state index in [0.717, 1.165) is 0 Å². The van der Waals surface area contributed by atoms with Gasteiger partial charge >= 0.3 is 0 Å². The van der Waals surface area contributed by atoms with Gasteiger partial charge in [-0.2, -0.15) is 5.10 Å². The van der Waals surface area contributed by atoms with E-state index < -0.39 is 5.60 Å². The van der Waals surface area contributed by atoms with Gasteiger partial charge < -0.3 is 15.2 Å². The van der Waals surface area contributed by atoms with Crippen molar-refractivity contribution in [1.29, 1.82) is 0 Å². The molecule has 0 saturated carbocycles. The zero-order chi connectivity index (χ0) is 14.5. The van der Waals surface area contributed by atoms with E-state index in [9.17, 15) is 9.90 Å². The number of aromatic nitrogens is 2. The largest absolute Gasteiger partial charge is 0.388 e. The lowest BCUT2D eigenvalue weighted by molar-refractivity contribution is 0.0697. The number of aliphatic hydroxyl groups is 1. The van der Waals surface area contributed by atoms with Gasteiger partial charge in [0.2, 0.25) is 0 Å².